The number of nitrogens with zero attached hydrogens (tertiary/aromatic N) is 1. The summed E-state index contributed by atoms with van der Waals surface area (Å²) in [5.74, 6) is 0. The summed E-state index contributed by atoms with van der Waals surface area (Å²) in [5.41, 5.74) is 1.16. The van der Waals surface area contributed by atoms with Crippen LogP contribution in [0.3, 0.4) is 0 Å². The predicted molar refractivity (Wildman–Crippen MR) is 84.4 cm³/mol. The summed E-state index contributed by atoms with van der Waals surface area (Å²) in [6.45, 7) is 6.71. The van der Waals surface area contributed by atoms with Crippen LogP contribution in [0.4, 0.5) is 0 Å². The van der Waals surface area contributed by atoms with Crippen molar-refractivity contribution in [2.24, 2.45) is 5.41 Å². The van der Waals surface area contributed by atoms with Gasteiger partial charge < -0.3 is 10.3 Å². The predicted octanol–water partition coefficient (Wildman–Crippen LogP) is 2.59. The van der Waals surface area contributed by atoms with E-state index < -0.39 is 0 Å². The Morgan fingerprint density at radius 3 is 2.95 bits per heavy atom. The summed E-state index contributed by atoms with van der Waals surface area (Å²) < 4.78 is 0. The summed E-state index contributed by atoms with van der Waals surface area (Å²) in [5, 5.41) is 4.67. The topological polar surface area (TPSA) is 57.8 Å². The fourth-order valence-electron chi connectivity index (χ4n) is 3.11. The fourth-order valence-corrected chi connectivity index (χ4v) is 4.60. The maximum Gasteiger partial charge on any atom is 0.251 e. The molecule has 2 rings (SSSR count). The number of hydrogen-bond acceptors (Lipinski definition) is 4. The van der Waals surface area contributed by atoms with E-state index in [0.717, 1.165) is 30.1 Å². The highest BCUT2D eigenvalue weighted by atomic mass is 32.2. The lowest BCUT2D eigenvalue weighted by Crippen LogP contribution is -2.41. The molecule has 0 spiro atoms. The third-order valence-corrected chi connectivity index (χ3v) is 5.37. The number of aryl methyl sites for hydroxylation is 1. The first kappa shape index (κ1) is 15.6. The van der Waals surface area contributed by atoms with Crippen LogP contribution in [-0.4, -0.2) is 28.3 Å². The van der Waals surface area contributed by atoms with E-state index in [4.69, 9.17) is 0 Å². The number of H-pyrrole nitrogens is 1. The Kier molecular flexibility index (Phi) is 4.91. The van der Waals surface area contributed by atoms with Crippen molar-refractivity contribution in [2.75, 3.05) is 7.05 Å². The van der Waals surface area contributed by atoms with Crippen LogP contribution in [-0.2, 0) is 6.42 Å². The minimum Gasteiger partial charge on any atom is -0.315 e. The molecule has 1 heterocycles. The largest absolute Gasteiger partial charge is 0.315 e. The van der Waals surface area contributed by atoms with Crippen LogP contribution in [0.2, 0.25) is 0 Å². The number of hydrogen-bond donors (Lipinski definition) is 2. The van der Waals surface area contributed by atoms with Gasteiger partial charge in [-0.1, -0.05) is 39.0 Å². The number of aromatic nitrogens is 2. The summed E-state index contributed by atoms with van der Waals surface area (Å²) in [4.78, 5) is 19.2. The molecule has 1 aromatic rings. The molecule has 2 atom stereocenters. The van der Waals surface area contributed by atoms with E-state index in [9.17, 15) is 4.79 Å². The van der Waals surface area contributed by atoms with E-state index in [1.165, 1.54) is 6.42 Å². The van der Waals surface area contributed by atoms with Crippen molar-refractivity contribution in [3.63, 3.8) is 0 Å². The van der Waals surface area contributed by atoms with Crippen molar-refractivity contribution >= 4 is 11.8 Å². The zero-order chi connectivity index (χ0) is 14.8. The molecule has 4 nitrogen and oxygen atoms in total. The van der Waals surface area contributed by atoms with Gasteiger partial charge in [0.2, 0.25) is 0 Å². The second-order valence-corrected chi connectivity index (χ2v) is 7.47. The molecule has 5 heteroatoms. The van der Waals surface area contributed by atoms with Gasteiger partial charge in [0.1, 0.15) is 0 Å². The van der Waals surface area contributed by atoms with Gasteiger partial charge in [-0.25, -0.2) is 4.98 Å². The lowest BCUT2D eigenvalue weighted by molar-refractivity contribution is 0.300. The molecule has 20 heavy (non-hydrogen) atoms. The average Bonchev–Trinajstić information content (AvgIpc) is 2.63. The molecule has 2 N–H and O–H groups in total. The lowest BCUT2D eigenvalue weighted by Gasteiger charge is -2.29. The molecule has 0 aliphatic heterocycles. The van der Waals surface area contributed by atoms with Gasteiger partial charge in [0.05, 0.1) is 0 Å². The van der Waals surface area contributed by atoms with E-state index in [-0.39, 0.29) is 5.56 Å². The second kappa shape index (κ2) is 6.31. The van der Waals surface area contributed by atoms with Crippen LogP contribution in [0.1, 0.15) is 45.7 Å². The van der Waals surface area contributed by atoms with Gasteiger partial charge in [0, 0.05) is 23.1 Å². The Bertz CT molecular complexity index is 512. The SMILES string of the molecule is CCCc1cc(=O)[nH]c(SC2CCC(C)(C)C2NC)n1. The molecule has 2 unspecified atom stereocenters. The average molecular weight is 295 g/mol. The molecule has 1 aliphatic rings. The van der Waals surface area contributed by atoms with Crippen LogP contribution in [0, 0.1) is 5.41 Å². The Morgan fingerprint density at radius 2 is 2.30 bits per heavy atom. The second-order valence-electron chi connectivity index (χ2n) is 6.24. The maximum atomic E-state index is 11.7. The molecule has 1 saturated carbocycles. The van der Waals surface area contributed by atoms with Gasteiger partial charge in [-0.15, -0.1) is 0 Å². The van der Waals surface area contributed by atoms with E-state index in [1.54, 1.807) is 17.8 Å². The minimum atomic E-state index is -0.0378. The molecule has 1 aromatic heterocycles. The zero-order valence-corrected chi connectivity index (χ0v) is 13.6. The quantitative estimate of drug-likeness (QED) is 0.820. The summed E-state index contributed by atoms with van der Waals surface area (Å²) in [6, 6.07) is 2.06. The zero-order valence-electron chi connectivity index (χ0n) is 12.8. The molecule has 0 aromatic carbocycles. The summed E-state index contributed by atoms with van der Waals surface area (Å²) in [6.07, 6.45) is 4.24. The van der Waals surface area contributed by atoms with Gasteiger partial charge >= 0.3 is 0 Å². The molecular formula is C15H25N3OS. The van der Waals surface area contributed by atoms with Crippen molar-refractivity contribution in [3.05, 3.63) is 22.1 Å². The van der Waals surface area contributed by atoms with E-state index in [1.807, 2.05) is 7.05 Å². The first-order chi connectivity index (χ1) is 9.46. The first-order valence-corrected chi connectivity index (χ1v) is 8.28. The van der Waals surface area contributed by atoms with E-state index in [2.05, 4.69) is 36.1 Å². The number of rotatable bonds is 5. The molecule has 1 aliphatic carbocycles. The molecule has 0 saturated heterocycles. The smallest absolute Gasteiger partial charge is 0.251 e. The Morgan fingerprint density at radius 1 is 1.55 bits per heavy atom. The summed E-state index contributed by atoms with van der Waals surface area (Å²) >= 11 is 1.71. The maximum absolute atomic E-state index is 11.7. The van der Waals surface area contributed by atoms with E-state index >= 15 is 0 Å². The highest BCUT2D eigenvalue weighted by Gasteiger charge is 2.41. The van der Waals surface area contributed by atoms with Gasteiger partial charge in [0.15, 0.2) is 5.16 Å². The van der Waals surface area contributed by atoms with Crippen LogP contribution >= 0.6 is 11.8 Å². The van der Waals surface area contributed by atoms with Crippen molar-refractivity contribution in [2.45, 2.75) is 62.9 Å². The first-order valence-electron chi connectivity index (χ1n) is 7.40. The molecular weight excluding hydrogens is 270 g/mol. The number of aromatic amines is 1. The molecule has 1 fully saturated rings. The highest BCUT2D eigenvalue weighted by molar-refractivity contribution is 7.99. The molecule has 0 radical (unpaired) electrons. The highest BCUT2D eigenvalue weighted by Crippen LogP contribution is 2.44. The Balaban J connectivity index is 2.16. The number of nitrogens with one attached hydrogen (secondary N) is 2. The number of thioether (sulfide) groups is 1. The van der Waals surface area contributed by atoms with Crippen LogP contribution < -0.4 is 10.9 Å². The standard InChI is InChI=1S/C15H25N3OS/c1-5-6-10-9-12(19)18-14(17-10)20-11-7-8-15(2,3)13(11)16-4/h9,11,13,16H,5-8H2,1-4H3,(H,17,18,19). The molecule has 0 amide bonds. The normalized spacial score (nSPS) is 25.0. The van der Waals surface area contributed by atoms with Crippen molar-refractivity contribution in [3.8, 4) is 0 Å². The van der Waals surface area contributed by atoms with E-state index in [0.29, 0.717) is 16.7 Å². The van der Waals surface area contributed by atoms with Crippen LogP contribution in [0.25, 0.3) is 0 Å². The summed E-state index contributed by atoms with van der Waals surface area (Å²) in [7, 11) is 2.02. The van der Waals surface area contributed by atoms with Gasteiger partial charge in [-0.05, 0) is 31.7 Å². The van der Waals surface area contributed by atoms with Crippen molar-refractivity contribution in [1.82, 2.24) is 15.3 Å². The van der Waals surface area contributed by atoms with Gasteiger partial charge in [-0.3, -0.25) is 4.79 Å². The minimum absolute atomic E-state index is 0.0378. The third-order valence-electron chi connectivity index (χ3n) is 4.14. The van der Waals surface area contributed by atoms with Crippen molar-refractivity contribution in [1.29, 1.82) is 0 Å². The molecule has 0 bridgehead atoms. The Hall–Kier alpha value is -0.810. The monoisotopic (exact) mass is 295 g/mol. The van der Waals surface area contributed by atoms with Crippen LogP contribution in [0.15, 0.2) is 16.0 Å². The lowest BCUT2D eigenvalue weighted by atomic mass is 9.87. The fraction of sp³-hybridized carbons (Fsp3) is 0.733. The van der Waals surface area contributed by atoms with Crippen molar-refractivity contribution < 1.29 is 0 Å². The Labute approximate surface area is 125 Å². The third kappa shape index (κ3) is 3.44. The van der Waals surface area contributed by atoms with Gasteiger partial charge in [-0.2, -0.15) is 0 Å². The van der Waals surface area contributed by atoms with Crippen LogP contribution in [0.5, 0.6) is 0 Å². The molecule has 112 valence electrons. The van der Waals surface area contributed by atoms with Gasteiger partial charge in [0.25, 0.3) is 5.56 Å².